The van der Waals surface area contributed by atoms with Crippen molar-refractivity contribution in [2.45, 2.75) is 32.6 Å². The van der Waals surface area contributed by atoms with Gasteiger partial charge in [0.15, 0.2) is 0 Å². The third-order valence-corrected chi connectivity index (χ3v) is 3.04. The van der Waals surface area contributed by atoms with Gasteiger partial charge in [-0.05, 0) is 49.8 Å². The van der Waals surface area contributed by atoms with E-state index in [4.69, 9.17) is 5.21 Å². The SMILES string of the molecule is C/C(=N/O)c1ccc2c(c1O)CCCC2. The van der Waals surface area contributed by atoms with Crippen molar-refractivity contribution in [2.75, 3.05) is 0 Å². The van der Waals surface area contributed by atoms with Crippen LogP contribution in [0.1, 0.15) is 36.5 Å². The molecule has 0 heterocycles. The Hall–Kier alpha value is -1.51. The van der Waals surface area contributed by atoms with E-state index >= 15 is 0 Å². The van der Waals surface area contributed by atoms with Gasteiger partial charge in [0.1, 0.15) is 5.75 Å². The zero-order chi connectivity index (χ0) is 10.8. The van der Waals surface area contributed by atoms with Gasteiger partial charge in [0.05, 0.1) is 5.71 Å². The maximum absolute atomic E-state index is 10.0. The van der Waals surface area contributed by atoms with Crippen molar-refractivity contribution < 1.29 is 10.3 Å². The summed E-state index contributed by atoms with van der Waals surface area (Å²) >= 11 is 0. The van der Waals surface area contributed by atoms with Gasteiger partial charge >= 0.3 is 0 Å². The lowest BCUT2D eigenvalue weighted by Crippen LogP contribution is -2.06. The number of aryl methyl sites for hydroxylation is 1. The second-order valence-corrected chi connectivity index (χ2v) is 3.99. The highest BCUT2D eigenvalue weighted by Gasteiger charge is 2.16. The van der Waals surface area contributed by atoms with Crippen molar-refractivity contribution in [3.05, 3.63) is 28.8 Å². The lowest BCUT2D eigenvalue weighted by molar-refractivity contribution is 0.318. The molecule has 80 valence electrons. The molecule has 1 aromatic rings. The summed E-state index contributed by atoms with van der Waals surface area (Å²) in [5, 5.41) is 21.9. The molecular formula is C12H15NO2. The first kappa shape index (κ1) is 10.0. The fraction of sp³-hybridized carbons (Fsp3) is 0.417. The normalized spacial score (nSPS) is 16.2. The van der Waals surface area contributed by atoms with Crippen molar-refractivity contribution in [1.29, 1.82) is 0 Å². The Kier molecular flexibility index (Phi) is 2.62. The van der Waals surface area contributed by atoms with E-state index in [1.807, 2.05) is 12.1 Å². The highest BCUT2D eigenvalue weighted by molar-refractivity contribution is 6.01. The monoisotopic (exact) mass is 205 g/mol. The van der Waals surface area contributed by atoms with Crippen LogP contribution >= 0.6 is 0 Å². The molecular weight excluding hydrogens is 190 g/mol. The van der Waals surface area contributed by atoms with Gasteiger partial charge in [-0.2, -0.15) is 0 Å². The van der Waals surface area contributed by atoms with Crippen molar-refractivity contribution in [2.24, 2.45) is 5.16 Å². The van der Waals surface area contributed by atoms with Crippen LogP contribution in [0.2, 0.25) is 0 Å². The van der Waals surface area contributed by atoms with Gasteiger partial charge in [0.25, 0.3) is 0 Å². The Morgan fingerprint density at radius 2 is 2.00 bits per heavy atom. The standard InChI is InChI=1S/C12H15NO2/c1-8(13-15)10-7-6-9-4-2-3-5-11(9)12(10)14/h6-7,14-15H,2-5H2,1H3/b13-8-. The second-order valence-electron chi connectivity index (χ2n) is 3.99. The largest absolute Gasteiger partial charge is 0.507 e. The number of hydrogen-bond donors (Lipinski definition) is 2. The second kappa shape index (κ2) is 3.93. The van der Waals surface area contributed by atoms with Crippen LogP contribution in [-0.4, -0.2) is 16.0 Å². The number of benzene rings is 1. The van der Waals surface area contributed by atoms with Gasteiger partial charge in [-0.15, -0.1) is 0 Å². The lowest BCUT2D eigenvalue weighted by Gasteiger charge is -2.18. The van der Waals surface area contributed by atoms with E-state index in [-0.39, 0.29) is 0 Å². The Balaban J connectivity index is 2.52. The molecule has 2 rings (SSSR count). The number of hydrogen-bond acceptors (Lipinski definition) is 3. The number of oxime groups is 1. The van der Waals surface area contributed by atoms with E-state index in [2.05, 4.69) is 5.16 Å². The van der Waals surface area contributed by atoms with Crippen molar-refractivity contribution in [3.8, 4) is 5.75 Å². The summed E-state index contributed by atoms with van der Waals surface area (Å²) < 4.78 is 0. The maximum atomic E-state index is 10.0. The van der Waals surface area contributed by atoms with Gasteiger partial charge in [0, 0.05) is 5.56 Å². The number of aromatic hydroxyl groups is 1. The Morgan fingerprint density at radius 3 is 2.73 bits per heavy atom. The van der Waals surface area contributed by atoms with Gasteiger partial charge < -0.3 is 10.3 Å². The van der Waals surface area contributed by atoms with Gasteiger partial charge in [0.2, 0.25) is 0 Å². The number of fused-ring (bicyclic) bond motifs is 1. The number of phenolic OH excluding ortho intramolecular Hbond substituents is 1. The molecule has 3 heteroatoms. The third kappa shape index (κ3) is 1.69. The molecule has 3 nitrogen and oxygen atoms in total. The van der Waals surface area contributed by atoms with Gasteiger partial charge in [-0.1, -0.05) is 11.2 Å². The van der Waals surface area contributed by atoms with E-state index in [1.54, 1.807) is 6.92 Å². The molecule has 1 aliphatic rings. The summed E-state index contributed by atoms with van der Waals surface area (Å²) in [7, 11) is 0. The first-order chi connectivity index (χ1) is 7.24. The van der Waals surface area contributed by atoms with Crippen LogP contribution in [0.15, 0.2) is 17.3 Å². The molecule has 0 spiro atoms. The predicted molar refractivity (Wildman–Crippen MR) is 58.7 cm³/mol. The summed E-state index contributed by atoms with van der Waals surface area (Å²) in [6.45, 7) is 1.68. The number of phenols is 1. The zero-order valence-corrected chi connectivity index (χ0v) is 8.82. The minimum Gasteiger partial charge on any atom is -0.507 e. The van der Waals surface area contributed by atoms with E-state index in [9.17, 15) is 5.11 Å². The molecule has 0 saturated carbocycles. The minimum atomic E-state index is 0.294. The fourth-order valence-electron chi connectivity index (χ4n) is 2.15. The van der Waals surface area contributed by atoms with E-state index in [0.29, 0.717) is 17.0 Å². The van der Waals surface area contributed by atoms with Crippen LogP contribution in [-0.2, 0) is 12.8 Å². The first-order valence-corrected chi connectivity index (χ1v) is 5.27. The van der Waals surface area contributed by atoms with Crippen molar-refractivity contribution in [1.82, 2.24) is 0 Å². The lowest BCUT2D eigenvalue weighted by atomic mass is 9.88. The summed E-state index contributed by atoms with van der Waals surface area (Å²) in [6.07, 6.45) is 4.28. The topological polar surface area (TPSA) is 52.8 Å². The van der Waals surface area contributed by atoms with E-state index in [1.165, 1.54) is 12.0 Å². The number of rotatable bonds is 1. The molecule has 15 heavy (non-hydrogen) atoms. The molecule has 0 unspecified atom stereocenters. The molecule has 0 saturated heterocycles. The highest BCUT2D eigenvalue weighted by atomic mass is 16.4. The molecule has 0 aliphatic heterocycles. The molecule has 0 fully saturated rings. The Labute approximate surface area is 89.1 Å². The van der Waals surface area contributed by atoms with E-state index in [0.717, 1.165) is 24.8 Å². The zero-order valence-electron chi connectivity index (χ0n) is 8.82. The molecule has 1 aliphatic carbocycles. The number of nitrogens with zero attached hydrogens (tertiary/aromatic N) is 1. The van der Waals surface area contributed by atoms with Crippen LogP contribution in [0, 0.1) is 0 Å². The highest BCUT2D eigenvalue weighted by Crippen LogP contribution is 2.32. The van der Waals surface area contributed by atoms with Crippen LogP contribution < -0.4 is 0 Å². The molecule has 1 aromatic carbocycles. The third-order valence-electron chi connectivity index (χ3n) is 3.04. The average Bonchev–Trinajstić information content (AvgIpc) is 2.29. The molecule has 0 amide bonds. The molecule has 2 N–H and O–H groups in total. The van der Waals surface area contributed by atoms with E-state index < -0.39 is 0 Å². The van der Waals surface area contributed by atoms with Crippen molar-refractivity contribution >= 4 is 5.71 Å². The predicted octanol–water partition coefficient (Wildman–Crippen LogP) is 2.47. The van der Waals surface area contributed by atoms with Crippen LogP contribution in [0.4, 0.5) is 0 Å². The summed E-state index contributed by atoms with van der Waals surface area (Å²) in [5.41, 5.74) is 3.36. The van der Waals surface area contributed by atoms with Gasteiger partial charge in [-0.25, -0.2) is 0 Å². The van der Waals surface area contributed by atoms with Crippen LogP contribution in [0.3, 0.4) is 0 Å². The minimum absolute atomic E-state index is 0.294. The summed E-state index contributed by atoms with van der Waals surface area (Å²) in [5.74, 6) is 0.294. The quantitative estimate of drug-likeness (QED) is 0.420. The van der Waals surface area contributed by atoms with Gasteiger partial charge in [-0.3, -0.25) is 0 Å². The molecule has 0 radical (unpaired) electrons. The molecule has 0 atom stereocenters. The summed E-state index contributed by atoms with van der Waals surface area (Å²) in [6, 6.07) is 3.85. The van der Waals surface area contributed by atoms with Crippen LogP contribution in [0.25, 0.3) is 0 Å². The first-order valence-electron chi connectivity index (χ1n) is 5.27. The summed E-state index contributed by atoms with van der Waals surface area (Å²) in [4.78, 5) is 0. The van der Waals surface area contributed by atoms with Crippen LogP contribution in [0.5, 0.6) is 5.75 Å². The molecule has 0 aromatic heterocycles. The Bertz CT molecular complexity index is 410. The maximum Gasteiger partial charge on any atom is 0.128 e. The van der Waals surface area contributed by atoms with Crippen molar-refractivity contribution in [3.63, 3.8) is 0 Å². The molecule has 0 bridgehead atoms. The fourth-order valence-corrected chi connectivity index (χ4v) is 2.15. The average molecular weight is 205 g/mol. The smallest absolute Gasteiger partial charge is 0.128 e. The Morgan fingerprint density at radius 1 is 1.27 bits per heavy atom.